The van der Waals surface area contributed by atoms with Crippen molar-refractivity contribution in [1.82, 2.24) is 20.4 Å². The van der Waals surface area contributed by atoms with E-state index in [1.165, 1.54) is 12.0 Å². The van der Waals surface area contributed by atoms with Gasteiger partial charge in [-0.05, 0) is 31.1 Å². The summed E-state index contributed by atoms with van der Waals surface area (Å²) in [6.45, 7) is 7.00. The third-order valence-corrected chi connectivity index (χ3v) is 2.91. The first kappa shape index (κ1) is 12.4. The van der Waals surface area contributed by atoms with Gasteiger partial charge in [0.05, 0.1) is 19.4 Å². The van der Waals surface area contributed by atoms with Gasteiger partial charge in [-0.15, -0.1) is 0 Å². The quantitative estimate of drug-likeness (QED) is 0.719. The van der Waals surface area contributed by atoms with Gasteiger partial charge in [-0.25, -0.2) is 0 Å². The number of aromatic nitrogens is 2. The second-order valence-corrected chi connectivity index (χ2v) is 4.24. The van der Waals surface area contributed by atoms with E-state index in [2.05, 4.69) is 20.4 Å². The second kappa shape index (κ2) is 7.32. The standard InChI is InChI=1S/C12H20N4O/c1(5-16-6-8-17-9-7-16)3-13-10-12-2-4-14-15-11-12/h2,4,11,13H,1,3,5-10H2. The van der Waals surface area contributed by atoms with E-state index in [0.29, 0.717) is 0 Å². The molecule has 1 aliphatic rings. The largest absolute Gasteiger partial charge is 0.379 e. The normalized spacial score (nSPS) is 17.2. The van der Waals surface area contributed by atoms with Crippen molar-refractivity contribution in [2.75, 3.05) is 39.4 Å². The van der Waals surface area contributed by atoms with Crippen molar-refractivity contribution in [2.45, 2.75) is 13.0 Å². The minimum Gasteiger partial charge on any atom is -0.379 e. The third kappa shape index (κ3) is 4.77. The fourth-order valence-electron chi connectivity index (χ4n) is 1.91. The van der Waals surface area contributed by atoms with Crippen LogP contribution in [0.3, 0.4) is 0 Å². The predicted molar refractivity (Wildman–Crippen MR) is 65.6 cm³/mol. The third-order valence-electron chi connectivity index (χ3n) is 2.91. The Kier molecular flexibility index (Phi) is 5.35. The van der Waals surface area contributed by atoms with Crippen molar-refractivity contribution in [3.8, 4) is 0 Å². The maximum Gasteiger partial charge on any atom is 0.0594 e. The minimum atomic E-state index is 0.874. The van der Waals surface area contributed by atoms with Crippen molar-refractivity contribution >= 4 is 0 Å². The van der Waals surface area contributed by atoms with Crippen LogP contribution in [0, 0.1) is 0 Å². The fraction of sp³-hybridized carbons (Fsp3) is 0.667. The Morgan fingerprint density at radius 2 is 2.18 bits per heavy atom. The van der Waals surface area contributed by atoms with Gasteiger partial charge < -0.3 is 10.1 Å². The number of nitrogens with zero attached hydrogens (tertiary/aromatic N) is 3. The maximum atomic E-state index is 5.31. The second-order valence-electron chi connectivity index (χ2n) is 4.24. The number of nitrogens with one attached hydrogen (secondary N) is 1. The molecule has 5 heteroatoms. The van der Waals surface area contributed by atoms with Crippen LogP contribution in [-0.2, 0) is 11.3 Å². The lowest BCUT2D eigenvalue weighted by Crippen LogP contribution is -2.37. The van der Waals surface area contributed by atoms with Gasteiger partial charge in [0.1, 0.15) is 0 Å². The Balaban J connectivity index is 1.51. The number of hydrogen-bond donors (Lipinski definition) is 1. The molecule has 0 aromatic carbocycles. The summed E-state index contributed by atoms with van der Waals surface area (Å²) in [5.74, 6) is 0. The summed E-state index contributed by atoms with van der Waals surface area (Å²) in [7, 11) is 0. The molecule has 0 radical (unpaired) electrons. The number of ether oxygens (including phenoxy) is 1. The molecule has 1 aromatic heterocycles. The van der Waals surface area contributed by atoms with Crippen LogP contribution in [0.5, 0.6) is 0 Å². The van der Waals surface area contributed by atoms with Crippen molar-refractivity contribution in [3.63, 3.8) is 0 Å². The van der Waals surface area contributed by atoms with Crippen LogP contribution in [0.25, 0.3) is 0 Å². The van der Waals surface area contributed by atoms with Crippen LogP contribution in [0.2, 0.25) is 0 Å². The molecular formula is C12H20N4O. The highest BCUT2D eigenvalue weighted by atomic mass is 16.5. The summed E-state index contributed by atoms with van der Waals surface area (Å²) in [5.41, 5.74) is 1.19. The lowest BCUT2D eigenvalue weighted by molar-refractivity contribution is 0.0374. The van der Waals surface area contributed by atoms with Crippen LogP contribution >= 0.6 is 0 Å². The van der Waals surface area contributed by atoms with Gasteiger partial charge in [-0.1, -0.05) is 0 Å². The first-order valence-electron chi connectivity index (χ1n) is 6.21. The topological polar surface area (TPSA) is 50.3 Å². The van der Waals surface area contributed by atoms with Crippen LogP contribution in [0.15, 0.2) is 18.5 Å². The summed E-state index contributed by atoms with van der Waals surface area (Å²) >= 11 is 0. The molecule has 2 heterocycles. The Labute approximate surface area is 102 Å². The van der Waals surface area contributed by atoms with E-state index in [0.717, 1.165) is 45.9 Å². The Bertz CT molecular complexity index is 301. The van der Waals surface area contributed by atoms with E-state index >= 15 is 0 Å². The van der Waals surface area contributed by atoms with E-state index in [1.807, 2.05) is 6.07 Å². The Morgan fingerprint density at radius 1 is 1.29 bits per heavy atom. The molecule has 17 heavy (non-hydrogen) atoms. The zero-order valence-corrected chi connectivity index (χ0v) is 10.1. The molecule has 1 aliphatic heterocycles. The number of hydrogen-bond acceptors (Lipinski definition) is 5. The number of rotatable bonds is 6. The first-order chi connectivity index (χ1) is 8.45. The molecule has 1 aromatic rings. The highest BCUT2D eigenvalue weighted by Crippen LogP contribution is 1.98. The van der Waals surface area contributed by atoms with Crippen molar-refractivity contribution < 1.29 is 4.74 Å². The summed E-state index contributed by atoms with van der Waals surface area (Å²) in [6, 6.07) is 1.99. The molecule has 1 N–H and O–H groups in total. The SMILES string of the molecule is c1cc(CNCCCN2CCOCC2)cnn1. The molecule has 0 aliphatic carbocycles. The van der Waals surface area contributed by atoms with Gasteiger partial charge in [0.25, 0.3) is 0 Å². The fourth-order valence-corrected chi connectivity index (χ4v) is 1.91. The van der Waals surface area contributed by atoms with Crippen LogP contribution in [-0.4, -0.2) is 54.5 Å². The molecule has 5 nitrogen and oxygen atoms in total. The van der Waals surface area contributed by atoms with E-state index < -0.39 is 0 Å². The molecule has 2 rings (SSSR count). The smallest absolute Gasteiger partial charge is 0.0594 e. The summed E-state index contributed by atoms with van der Waals surface area (Å²) in [5, 5.41) is 11.0. The van der Waals surface area contributed by atoms with Gasteiger partial charge in [-0.3, -0.25) is 4.90 Å². The molecule has 0 saturated carbocycles. The average Bonchev–Trinajstić information content (AvgIpc) is 2.41. The zero-order valence-electron chi connectivity index (χ0n) is 10.1. The highest BCUT2D eigenvalue weighted by Gasteiger charge is 2.08. The first-order valence-corrected chi connectivity index (χ1v) is 6.21. The van der Waals surface area contributed by atoms with Gasteiger partial charge >= 0.3 is 0 Å². The summed E-state index contributed by atoms with van der Waals surface area (Å²) in [6.07, 6.45) is 4.71. The van der Waals surface area contributed by atoms with Crippen LogP contribution < -0.4 is 5.32 Å². The molecule has 0 bridgehead atoms. The van der Waals surface area contributed by atoms with Crippen LogP contribution in [0.4, 0.5) is 0 Å². The summed E-state index contributed by atoms with van der Waals surface area (Å²) in [4.78, 5) is 2.46. The predicted octanol–water partition coefficient (Wildman–Crippen LogP) is 0.288. The average molecular weight is 236 g/mol. The lowest BCUT2D eigenvalue weighted by Gasteiger charge is -2.26. The minimum absolute atomic E-state index is 0.874. The van der Waals surface area contributed by atoms with Gasteiger partial charge in [0.2, 0.25) is 0 Å². The van der Waals surface area contributed by atoms with Crippen molar-refractivity contribution in [1.29, 1.82) is 0 Å². The van der Waals surface area contributed by atoms with Gasteiger partial charge in [-0.2, -0.15) is 10.2 Å². The molecule has 94 valence electrons. The molecule has 0 atom stereocenters. The van der Waals surface area contributed by atoms with Crippen molar-refractivity contribution in [2.24, 2.45) is 0 Å². The maximum absolute atomic E-state index is 5.31. The van der Waals surface area contributed by atoms with Gasteiger partial charge in [0, 0.05) is 25.8 Å². The van der Waals surface area contributed by atoms with Crippen LogP contribution in [0.1, 0.15) is 12.0 Å². The molecular weight excluding hydrogens is 216 g/mol. The molecule has 0 spiro atoms. The molecule has 0 unspecified atom stereocenters. The lowest BCUT2D eigenvalue weighted by atomic mass is 10.3. The van der Waals surface area contributed by atoms with E-state index in [-0.39, 0.29) is 0 Å². The monoisotopic (exact) mass is 236 g/mol. The van der Waals surface area contributed by atoms with Gasteiger partial charge in [0.15, 0.2) is 0 Å². The molecule has 1 fully saturated rings. The van der Waals surface area contributed by atoms with E-state index in [9.17, 15) is 0 Å². The summed E-state index contributed by atoms with van der Waals surface area (Å²) < 4.78 is 5.31. The molecule has 1 saturated heterocycles. The van der Waals surface area contributed by atoms with E-state index in [1.54, 1.807) is 12.4 Å². The number of morpholine rings is 1. The molecule has 0 amide bonds. The Morgan fingerprint density at radius 3 is 2.94 bits per heavy atom. The van der Waals surface area contributed by atoms with Crippen molar-refractivity contribution in [3.05, 3.63) is 24.0 Å². The Hall–Kier alpha value is -1.04. The highest BCUT2D eigenvalue weighted by molar-refractivity contribution is 5.04. The zero-order chi connectivity index (χ0) is 11.8. The van der Waals surface area contributed by atoms with E-state index in [4.69, 9.17) is 4.74 Å².